The molecule has 0 rings (SSSR count). The summed E-state index contributed by atoms with van der Waals surface area (Å²) in [6.07, 6.45) is 3.44. The fourth-order valence-corrected chi connectivity index (χ4v) is 0.964. The van der Waals surface area contributed by atoms with Gasteiger partial charge in [0.15, 0.2) is 0 Å². The molecule has 3 N–H and O–H groups in total. The van der Waals surface area contributed by atoms with Crippen LogP contribution in [0.5, 0.6) is 0 Å². The highest BCUT2D eigenvalue weighted by atomic mass is 16.3. The third-order valence-corrected chi connectivity index (χ3v) is 1.67. The highest BCUT2D eigenvalue weighted by Gasteiger charge is 2.04. The van der Waals surface area contributed by atoms with E-state index < -0.39 is 0 Å². The van der Waals surface area contributed by atoms with Crippen LogP contribution in [0.2, 0.25) is 0 Å². The molecule has 11 heavy (non-hydrogen) atoms. The Labute approximate surface area is 67.8 Å². The van der Waals surface area contributed by atoms with E-state index in [0.29, 0.717) is 13.0 Å². The third kappa shape index (κ3) is 5.84. The molecule has 0 radical (unpaired) electrons. The summed E-state index contributed by atoms with van der Waals surface area (Å²) in [6, 6.07) is 2.16. The normalized spacial score (nSPS) is 12.5. The predicted octanol–water partition coefficient (Wildman–Crippen LogP) is 0.638. The molecule has 0 spiro atoms. The number of nitrogens with zero attached hydrogens (tertiary/aromatic N) is 1. The second-order valence-electron chi connectivity index (χ2n) is 2.62. The molecule has 0 amide bonds. The van der Waals surface area contributed by atoms with E-state index in [2.05, 4.69) is 6.07 Å². The number of nitriles is 1. The van der Waals surface area contributed by atoms with E-state index in [-0.39, 0.29) is 12.5 Å². The van der Waals surface area contributed by atoms with Crippen LogP contribution in [0.3, 0.4) is 0 Å². The fraction of sp³-hybridized carbons (Fsp3) is 0.875. The molecule has 0 heterocycles. The van der Waals surface area contributed by atoms with E-state index in [0.717, 1.165) is 19.3 Å². The second kappa shape index (κ2) is 7.52. The highest BCUT2D eigenvalue weighted by Crippen LogP contribution is 2.10. The second-order valence-corrected chi connectivity index (χ2v) is 2.62. The maximum atomic E-state index is 8.56. The molecular formula is C8H16N2O. The molecule has 0 aromatic rings. The lowest BCUT2D eigenvalue weighted by molar-refractivity contribution is 0.267. The van der Waals surface area contributed by atoms with Crippen LogP contribution < -0.4 is 5.73 Å². The minimum absolute atomic E-state index is 0.0200. The van der Waals surface area contributed by atoms with Crippen LogP contribution in [0.15, 0.2) is 0 Å². The molecule has 1 atom stereocenters. The van der Waals surface area contributed by atoms with Gasteiger partial charge in [0, 0.05) is 12.5 Å². The highest BCUT2D eigenvalue weighted by molar-refractivity contribution is 4.81. The van der Waals surface area contributed by atoms with Gasteiger partial charge in [-0.2, -0.15) is 5.26 Å². The van der Waals surface area contributed by atoms with Crippen LogP contribution in [-0.2, 0) is 0 Å². The number of hydrogen-bond acceptors (Lipinski definition) is 3. The van der Waals surface area contributed by atoms with E-state index in [1.807, 2.05) is 0 Å². The lowest BCUT2D eigenvalue weighted by Crippen LogP contribution is -2.03. The number of rotatable bonds is 6. The molecule has 3 nitrogen and oxygen atoms in total. The molecule has 1 unspecified atom stereocenters. The minimum atomic E-state index is 0.0200. The van der Waals surface area contributed by atoms with Gasteiger partial charge in [-0.3, -0.25) is 0 Å². The Hall–Kier alpha value is -0.590. The van der Waals surface area contributed by atoms with Crippen molar-refractivity contribution < 1.29 is 5.11 Å². The molecule has 3 heteroatoms. The molecule has 0 saturated carbocycles. The number of aliphatic hydroxyl groups is 1. The maximum Gasteiger partial charge on any atom is 0.0656 e. The van der Waals surface area contributed by atoms with Crippen molar-refractivity contribution >= 4 is 0 Å². The SMILES string of the molecule is N#CC(CCO)CCCCN. The zero-order valence-electron chi connectivity index (χ0n) is 6.79. The number of aliphatic hydroxyl groups excluding tert-OH is 1. The minimum Gasteiger partial charge on any atom is -0.396 e. The Balaban J connectivity index is 3.30. The zero-order chi connectivity index (χ0) is 8.53. The van der Waals surface area contributed by atoms with Crippen LogP contribution in [0.4, 0.5) is 0 Å². The number of unbranched alkanes of at least 4 members (excludes halogenated alkanes) is 1. The summed E-state index contributed by atoms with van der Waals surface area (Å²) in [5.41, 5.74) is 5.30. The van der Waals surface area contributed by atoms with Gasteiger partial charge in [0.05, 0.1) is 6.07 Å². The Morgan fingerprint density at radius 2 is 2.09 bits per heavy atom. The van der Waals surface area contributed by atoms with E-state index in [1.54, 1.807) is 0 Å². The molecular weight excluding hydrogens is 140 g/mol. The standard InChI is InChI=1S/C8H16N2O/c9-5-2-1-3-8(7-10)4-6-11/h8,11H,1-6,9H2. The summed E-state index contributed by atoms with van der Waals surface area (Å²) in [5, 5.41) is 17.1. The molecule has 0 aliphatic rings. The molecule has 0 fully saturated rings. The summed E-state index contributed by atoms with van der Waals surface area (Å²) in [5.74, 6) is 0.0200. The van der Waals surface area contributed by atoms with Gasteiger partial charge in [0.1, 0.15) is 0 Å². The van der Waals surface area contributed by atoms with E-state index in [4.69, 9.17) is 16.1 Å². The van der Waals surface area contributed by atoms with Gasteiger partial charge in [0.2, 0.25) is 0 Å². The average Bonchev–Trinajstić information content (AvgIpc) is 2.03. The molecule has 0 aromatic heterocycles. The van der Waals surface area contributed by atoms with Crippen molar-refractivity contribution in [1.29, 1.82) is 5.26 Å². The van der Waals surface area contributed by atoms with E-state index in [9.17, 15) is 0 Å². The smallest absolute Gasteiger partial charge is 0.0656 e. The van der Waals surface area contributed by atoms with Crippen molar-refractivity contribution in [1.82, 2.24) is 0 Å². The Morgan fingerprint density at radius 3 is 2.55 bits per heavy atom. The first-order valence-electron chi connectivity index (χ1n) is 4.05. The van der Waals surface area contributed by atoms with Crippen molar-refractivity contribution in [3.63, 3.8) is 0 Å². The molecule has 0 aromatic carbocycles. The van der Waals surface area contributed by atoms with Gasteiger partial charge in [-0.1, -0.05) is 6.42 Å². The van der Waals surface area contributed by atoms with Crippen LogP contribution in [0, 0.1) is 17.2 Å². The largest absolute Gasteiger partial charge is 0.396 e. The van der Waals surface area contributed by atoms with Crippen molar-refractivity contribution in [2.24, 2.45) is 11.7 Å². The van der Waals surface area contributed by atoms with Crippen LogP contribution in [0.1, 0.15) is 25.7 Å². The maximum absolute atomic E-state index is 8.56. The van der Waals surface area contributed by atoms with Gasteiger partial charge in [-0.25, -0.2) is 0 Å². The number of nitrogens with two attached hydrogens (primary N) is 1. The topological polar surface area (TPSA) is 70.0 Å². The average molecular weight is 156 g/mol. The van der Waals surface area contributed by atoms with Crippen molar-refractivity contribution in [2.75, 3.05) is 13.2 Å². The van der Waals surface area contributed by atoms with Crippen molar-refractivity contribution in [3.05, 3.63) is 0 Å². The lowest BCUT2D eigenvalue weighted by atomic mass is 10.0. The number of hydrogen-bond donors (Lipinski definition) is 2. The van der Waals surface area contributed by atoms with Gasteiger partial charge in [-0.15, -0.1) is 0 Å². The fourth-order valence-electron chi connectivity index (χ4n) is 0.964. The van der Waals surface area contributed by atoms with Gasteiger partial charge in [0.25, 0.3) is 0 Å². The first-order valence-corrected chi connectivity index (χ1v) is 4.05. The Morgan fingerprint density at radius 1 is 1.36 bits per heavy atom. The molecule has 64 valence electrons. The first kappa shape index (κ1) is 10.4. The predicted molar refractivity (Wildman–Crippen MR) is 43.7 cm³/mol. The molecule has 0 aliphatic heterocycles. The zero-order valence-corrected chi connectivity index (χ0v) is 6.79. The summed E-state index contributed by atoms with van der Waals surface area (Å²) in [7, 11) is 0. The quantitative estimate of drug-likeness (QED) is 0.554. The van der Waals surface area contributed by atoms with Gasteiger partial charge in [-0.05, 0) is 25.8 Å². The lowest BCUT2D eigenvalue weighted by Gasteiger charge is -2.04. The molecule has 0 saturated heterocycles. The summed E-state index contributed by atoms with van der Waals surface area (Å²) in [6.45, 7) is 0.804. The van der Waals surface area contributed by atoms with Crippen LogP contribution in [0.25, 0.3) is 0 Å². The van der Waals surface area contributed by atoms with E-state index in [1.165, 1.54) is 0 Å². The monoisotopic (exact) mass is 156 g/mol. The Bertz CT molecular complexity index is 120. The van der Waals surface area contributed by atoms with Gasteiger partial charge >= 0.3 is 0 Å². The third-order valence-electron chi connectivity index (χ3n) is 1.67. The van der Waals surface area contributed by atoms with E-state index >= 15 is 0 Å². The van der Waals surface area contributed by atoms with Crippen molar-refractivity contribution in [2.45, 2.75) is 25.7 Å². The van der Waals surface area contributed by atoms with Crippen LogP contribution in [-0.4, -0.2) is 18.3 Å². The van der Waals surface area contributed by atoms with Gasteiger partial charge < -0.3 is 10.8 Å². The summed E-state index contributed by atoms with van der Waals surface area (Å²) < 4.78 is 0. The summed E-state index contributed by atoms with van der Waals surface area (Å²) in [4.78, 5) is 0. The van der Waals surface area contributed by atoms with Crippen LogP contribution >= 0.6 is 0 Å². The molecule has 0 bridgehead atoms. The summed E-state index contributed by atoms with van der Waals surface area (Å²) >= 11 is 0. The van der Waals surface area contributed by atoms with Crippen molar-refractivity contribution in [3.8, 4) is 6.07 Å². The first-order chi connectivity index (χ1) is 5.35. The Kier molecular flexibility index (Phi) is 7.11. The molecule has 0 aliphatic carbocycles.